The van der Waals surface area contributed by atoms with Crippen molar-refractivity contribution in [1.82, 2.24) is 0 Å². The van der Waals surface area contributed by atoms with Crippen LogP contribution in [0.4, 0.5) is 0 Å². The van der Waals surface area contributed by atoms with Crippen LogP contribution in [0.15, 0.2) is 97.2 Å². The van der Waals surface area contributed by atoms with E-state index in [1.165, 1.54) is 122 Å². The average molecular weight is 1000 g/mol. The fourth-order valence-electron chi connectivity index (χ4n) is 8.30. The molecule has 1 atom stereocenters. The molecule has 0 aromatic carbocycles. The third-order valence-corrected chi connectivity index (χ3v) is 12.8. The van der Waals surface area contributed by atoms with Gasteiger partial charge in [-0.15, -0.1) is 0 Å². The van der Waals surface area contributed by atoms with Gasteiger partial charge in [0.15, 0.2) is 6.10 Å². The Hall–Kier alpha value is -3.67. The van der Waals surface area contributed by atoms with Crippen molar-refractivity contribution in [3.63, 3.8) is 0 Å². The molecule has 0 aromatic heterocycles. The highest BCUT2D eigenvalue weighted by molar-refractivity contribution is 5.71. The minimum atomic E-state index is -0.787. The molecule has 1 unspecified atom stereocenters. The highest BCUT2D eigenvalue weighted by Gasteiger charge is 2.19. The van der Waals surface area contributed by atoms with Gasteiger partial charge in [-0.2, -0.15) is 0 Å². The normalized spacial score (nSPS) is 12.8. The summed E-state index contributed by atoms with van der Waals surface area (Å²) < 4.78 is 16.9. The number of allylic oxidation sites excluding steroid dienone is 16. The highest BCUT2D eigenvalue weighted by Crippen LogP contribution is 2.15. The van der Waals surface area contributed by atoms with Crippen LogP contribution in [-0.4, -0.2) is 37.2 Å². The monoisotopic (exact) mass is 1000 g/mol. The van der Waals surface area contributed by atoms with Crippen LogP contribution in [0, 0.1) is 0 Å². The fourth-order valence-corrected chi connectivity index (χ4v) is 8.30. The quantitative estimate of drug-likeness (QED) is 0.0261. The molecule has 0 spiro atoms. The minimum Gasteiger partial charge on any atom is -0.462 e. The van der Waals surface area contributed by atoms with Crippen molar-refractivity contribution in [1.29, 1.82) is 0 Å². The number of carbonyl (C=O) groups excluding carboxylic acids is 3. The van der Waals surface area contributed by atoms with Gasteiger partial charge in [0.2, 0.25) is 0 Å². The molecule has 0 aliphatic carbocycles. The molecule has 0 radical (unpaired) electrons. The fraction of sp³-hybridized carbons (Fsp3) is 0.712. The average Bonchev–Trinajstić information content (AvgIpc) is 3.38. The number of ether oxygens (including phenoxy) is 3. The Kier molecular flexibility index (Phi) is 56.8. The molecule has 0 N–H and O–H groups in total. The summed E-state index contributed by atoms with van der Waals surface area (Å²) in [5.74, 6) is -0.901. The Bertz CT molecular complexity index is 1430. The third-order valence-electron chi connectivity index (χ3n) is 12.8. The Morgan fingerprint density at radius 3 is 0.861 bits per heavy atom. The topological polar surface area (TPSA) is 78.9 Å². The molecule has 0 rings (SSSR count). The van der Waals surface area contributed by atoms with Crippen molar-refractivity contribution in [2.24, 2.45) is 0 Å². The summed E-state index contributed by atoms with van der Waals surface area (Å²) in [5.41, 5.74) is 0. The summed E-state index contributed by atoms with van der Waals surface area (Å²) in [6.07, 6.45) is 79.7. The first-order valence-corrected chi connectivity index (χ1v) is 30.2. The lowest BCUT2D eigenvalue weighted by Crippen LogP contribution is -2.30. The van der Waals surface area contributed by atoms with E-state index in [2.05, 4.69) is 118 Å². The predicted octanol–water partition coefficient (Wildman–Crippen LogP) is 20.5. The summed E-state index contributed by atoms with van der Waals surface area (Å²) in [7, 11) is 0. The van der Waals surface area contributed by atoms with Crippen molar-refractivity contribution in [2.45, 2.75) is 290 Å². The summed E-state index contributed by atoms with van der Waals surface area (Å²) in [6.45, 7) is 6.50. The molecule has 412 valence electrons. The predicted molar refractivity (Wildman–Crippen MR) is 311 cm³/mol. The summed E-state index contributed by atoms with van der Waals surface area (Å²) in [4.78, 5) is 38.2. The van der Waals surface area contributed by atoms with Crippen LogP contribution in [0.5, 0.6) is 0 Å². The second-order valence-electron chi connectivity index (χ2n) is 19.9. The molecule has 0 aromatic rings. The van der Waals surface area contributed by atoms with Gasteiger partial charge < -0.3 is 14.2 Å². The first kappa shape index (κ1) is 68.3. The van der Waals surface area contributed by atoms with Crippen molar-refractivity contribution in [3.05, 3.63) is 97.2 Å². The maximum atomic E-state index is 12.9. The van der Waals surface area contributed by atoms with E-state index in [1.807, 2.05) is 0 Å². The van der Waals surface area contributed by atoms with E-state index < -0.39 is 6.10 Å². The van der Waals surface area contributed by atoms with E-state index >= 15 is 0 Å². The van der Waals surface area contributed by atoms with Gasteiger partial charge in [-0.3, -0.25) is 14.4 Å². The molecule has 0 fully saturated rings. The van der Waals surface area contributed by atoms with Crippen LogP contribution in [-0.2, 0) is 28.6 Å². The third kappa shape index (κ3) is 57.2. The number of esters is 3. The lowest BCUT2D eigenvalue weighted by molar-refractivity contribution is -0.167. The molecule has 0 heterocycles. The van der Waals surface area contributed by atoms with E-state index in [4.69, 9.17) is 14.2 Å². The molecule has 0 bridgehead atoms. The van der Waals surface area contributed by atoms with Crippen LogP contribution in [0.3, 0.4) is 0 Å². The molecule has 6 heteroatoms. The number of carbonyl (C=O) groups is 3. The molecule has 0 aliphatic rings. The first-order valence-electron chi connectivity index (χ1n) is 30.2. The van der Waals surface area contributed by atoms with Gasteiger partial charge in [-0.05, 0) is 103 Å². The molecule has 0 amide bonds. The highest BCUT2D eigenvalue weighted by atomic mass is 16.6. The van der Waals surface area contributed by atoms with Crippen LogP contribution in [0.2, 0.25) is 0 Å². The van der Waals surface area contributed by atoms with E-state index in [1.54, 1.807) is 0 Å². The van der Waals surface area contributed by atoms with Crippen molar-refractivity contribution in [2.75, 3.05) is 13.2 Å². The SMILES string of the molecule is CC/C=C\C/C=C\C/C=C\C/C=C\C/C=C\C/C=C\CCCCCCCCC(=O)OCC(COC(=O)CCCCCCCCCCCCC)OC(=O)CCCCCCCCC/C=C\C/C=C\CCCCCC. The number of rotatable bonds is 54. The molecule has 6 nitrogen and oxygen atoms in total. The van der Waals surface area contributed by atoms with Gasteiger partial charge in [0, 0.05) is 19.3 Å². The zero-order valence-electron chi connectivity index (χ0n) is 47.2. The maximum Gasteiger partial charge on any atom is 0.306 e. The van der Waals surface area contributed by atoms with Gasteiger partial charge in [0.25, 0.3) is 0 Å². The zero-order valence-corrected chi connectivity index (χ0v) is 47.2. The second kappa shape index (κ2) is 59.9. The van der Waals surface area contributed by atoms with Gasteiger partial charge in [-0.1, -0.05) is 259 Å². The van der Waals surface area contributed by atoms with E-state index in [0.717, 1.165) is 122 Å². The smallest absolute Gasteiger partial charge is 0.306 e. The van der Waals surface area contributed by atoms with Crippen LogP contribution >= 0.6 is 0 Å². The van der Waals surface area contributed by atoms with Crippen LogP contribution in [0.25, 0.3) is 0 Å². The summed E-state index contributed by atoms with van der Waals surface area (Å²) >= 11 is 0. The van der Waals surface area contributed by atoms with Crippen molar-refractivity contribution in [3.8, 4) is 0 Å². The molecule has 0 aliphatic heterocycles. The standard InChI is InChI=1S/C66H112O6/c1-4-7-10-13-16-19-22-24-26-28-30-31-32-33-34-35-36-38-39-41-44-47-50-53-56-59-65(68)71-62-63(61-70-64(67)58-55-52-49-46-43-21-18-15-12-9-6-3)72-66(69)60-57-54-51-48-45-42-40-37-29-27-25-23-20-17-14-11-8-5-2/h7,10,16,19-20,23-24,26-27,29-31,33-34,36,38,63H,4-6,8-9,11-15,17-18,21-22,25,28,32,35,37,39-62H2,1-3H3/b10-7-,19-16-,23-20-,26-24-,29-27-,31-30-,34-33-,38-36-. The molecule has 0 saturated heterocycles. The molecular formula is C66H112O6. The van der Waals surface area contributed by atoms with Crippen LogP contribution in [0.1, 0.15) is 284 Å². The Labute approximate surface area is 445 Å². The second-order valence-corrected chi connectivity index (χ2v) is 19.9. The maximum absolute atomic E-state index is 12.9. The van der Waals surface area contributed by atoms with Gasteiger partial charge in [0.1, 0.15) is 13.2 Å². The Morgan fingerprint density at radius 2 is 0.542 bits per heavy atom. The molecule has 72 heavy (non-hydrogen) atoms. The summed E-state index contributed by atoms with van der Waals surface area (Å²) in [6, 6.07) is 0. The van der Waals surface area contributed by atoms with Crippen molar-refractivity contribution >= 4 is 17.9 Å². The van der Waals surface area contributed by atoms with E-state index in [-0.39, 0.29) is 31.1 Å². The van der Waals surface area contributed by atoms with E-state index in [0.29, 0.717) is 19.3 Å². The first-order chi connectivity index (χ1) is 35.5. The van der Waals surface area contributed by atoms with Gasteiger partial charge in [0.05, 0.1) is 0 Å². The Balaban J connectivity index is 4.35. The lowest BCUT2D eigenvalue weighted by atomic mass is 10.1. The number of hydrogen-bond acceptors (Lipinski definition) is 6. The van der Waals surface area contributed by atoms with Gasteiger partial charge >= 0.3 is 17.9 Å². The summed E-state index contributed by atoms with van der Waals surface area (Å²) in [5, 5.41) is 0. The lowest BCUT2D eigenvalue weighted by Gasteiger charge is -2.18. The molecular weight excluding hydrogens is 889 g/mol. The zero-order chi connectivity index (χ0) is 52.2. The molecule has 0 saturated carbocycles. The van der Waals surface area contributed by atoms with Crippen molar-refractivity contribution < 1.29 is 28.6 Å². The van der Waals surface area contributed by atoms with E-state index in [9.17, 15) is 14.4 Å². The van der Waals surface area contributed by atoms with Crippen LogP contribution < -0.4 is 0 Å². The number of unbranched alkanes of at least 4 members (excludes halogenated alkanes) is 27. The van der Waals surface area contributed by atoms with Gasteiger partial charge in [-0.25, -0.2) is 0 Å². The number of hydrogen-bond donors (Lipinski definition) is 0. The largest absolute Gasteiger partial charge is 0.462 e. The Morgan fingerprint density at radius 1 is 0.292 bits per heavy atom. The minimum absolute atomic E-state index is 0.0839.